The molecule has 0 spiro atoms. The van der Waals surface area contributed by atoms with Gasteiger partial charge >= 0.3 is 0 Å². The van der Waals surface area contributed by atoms with Gasteiger partial charge in [0.05, 0.1) is 5.75 Å². The van der Waals surface area contributed by atoms with Gasteiger partial charge in [-0.3, -0.25) is 10.0 Å². The van der Waals surface area contributed by atoms with Crippen molar-refractivity contribution in [1.82, 2.24) is 15.2 Å². The van der Waals surface area contributed by atoms with Crippen LogP contribution in [0.15, 0.2) is 30.5 Å². The average Bonchev–Trinajstić information content (AvgIpc) is 3.06. The highest BCUT2D eigenvalue weighted by Crippen LogP contribution is 2.19. The van der Waals surface area contributed by atoms with Crippen LogP contribution in [-0.4, -0.2) is 36.3 Å². The Hall–Kier alpha value is -1.90. The van der Waals surface area contributed by atoms with Crippen molar-refractivity contribution in [3.05, 3.63) is 36.0 Å². The molecule has 8 heteroatoms. The van der Waals surface area contributed by atoms with E-state index in [0.717, 1.165) is 48.6 Å². The maximum absolute atomic E-state index is 12.4. The smallest absolute Gasteiger partial charge is 0.261 e. The fraction of sp³-hybridized carbons (Fsp3) is 0.526. The molecule has 150 valence electrons. The van der Waals surface area contributed by atoms with E-state index in [0.29, 0.717) is 6.42 Å². The summed E-state index contributed by atoms with van der Waals surface area (Å²) in [5.41, 5.74) is 3.28. The summed E-state index contributed by atoms with van der Waals surface area (Å²) in [6.07, 6.45) is 7.73. The fourth-order valence-electron chi connectivity index (χ4n) is 3.13. The lowest BCUT2D eigenvalue weighted by Crippen LogP contribution is -2.47. The van der Waals surface area contributed by atoms with Gasteiger partial charge < -0.3 is 4.98 Å². The van der Waals surface area contributed by atoms with E-state index >= 15 is 0 Å². The number of hydrogen-bond donors (Lipinski definition) is 4. The number of carbonyl (C=O) groups excluding carboxylic acids is 1. The van der Waals surface area contributed by atoms with Crippen LogP contribution in [0.25, 0.3) is 10.9 Å². The van der Waals surface area contributed by atoms with Crippen molar-refractivity contribution in [3.63, 3.8) is 0 Å². The standard InChI is InChI=1S/C19H29N3O4S/c1-2-3-4-5-6-9-12-27(25,26)22-18(19(23)21-24)13-15-14-20-17-11-8-7-10-16(15)17/h7-8,10-11,14,18,20,22,24H,2-6,9,12-13H2,1H3,(H,21,23)/t18-/m1/s1. The van der Waals surface area contributed by atoms with Crippen LogP contribution in [0, 0.1) is 0 Å². The van der Waals surface area contributed by atoms with E-state index in [1.165, 1.54) is 0 Å². The summed E-state index contributed by atoms with van der Waals surface area (Å²) < 4.78 is 27.2. The van der Waals surface area contributed by atoms with Crippen molar-refractivity contribution in [3.8, 4) is 0 Å². The van der Waals surface area contributed by atoms with Gasteiger partial charge in [-0.25, -0.2) is 18.6 Å². The first kappa shape index (κ1) is 21.4. The first-order valence-electron chi connectivity index (χ1n) is 9.45. The van der Waals surface area contributed by atoms with Gasteiger partial charge in [0.2, 0.25) is 10.0 Å². The quantitative estimate of drug-likeness (QED) is 0.251. The number of carbonyl (C=O) groups is 1. The lowest BCUT2D eigenvalue weighted by atomic mass is 10.1. The SMILES string of the molecule is CCCCCCCCS(=O)(=O)N[C@H](Cc1c[nH]c2ccccc12)C(=O)NO. The zero-order valence-electron chi connectivity index (χ0n) is 15.7. The third-order valence-corrected chi connectivity index (χ3v) is 6.08. The van der Waals surface area contributed by atoms with Crippen LogP contribution in [0.2, 0.25) is 0 Å². The number of H-pyrrole nitrogens is 1. The molecule has 0 saturated carbocycles. The van der Waals surface area contributed by atoms with Gasteiger partial charge in [-0.1, -0.05) is 57.2 Å². The van der Waals surface area contributed by atoms with Gasteiger partial charge in [0.1, 0.15) is 6.04 Å². The van der Waals surface area contributed by atoms with E-state index in [1.807, 2.05) is 24.3 Å². The molecule has 0 aliphatic rings. The van der Waals surface area contributed by atoms with Gasteiger partial charge in [0, 0.05) is 17.1 Å². The lowest BCUT2D eigenvalue weighted by molar-refractivity contribution is -0.130. The second-order valence-corrected chi connectivity index (χ2v) is 8.67. The van der Waals surface area contributed by atoms with Gasteiger partial charge in [-0.2, -0.15) is 0 Å². The van der Waals surface area contributed by atoms with Crippen LogP contribution in [-0.2, 0) is 21.2 Å². The highest BCUT2D eigenvalue weighted by molar-refractivity contribution is 7.89. The van der Waals surface area contributed by atoms with Gasteiger partial charge in [-0.05, 0) is 24.5 Å². The van der Waals surface area contributed by atoms with E-state index < -0.39 is 22.0 Å². The molecule has 7 nitrogen and oxygen atoms in total. The molecule has 0 aliphatic heterocycles. The molecular formula is C19H29N3O4S. The van der Waals surface area contributed by atoms with E-state index in [9.17, 15) is 13.2 Å². The van der Waals surface area contributed by atoms with Crippen LogP contribution in [0.1, 0.15) is 51.0 Å². The molecule has 2 rings (SSSR count). The van der Waals surface area contributed by atoms with Crippen LogP contribution in [0.4, 0.5) is 0 Å². The molecule has 0 unspecified atom stereocenters. The second kappa shape index (κ2) is 10.4. The minimum atomic E-state index is -3.62. The van der Waals surface area contributed by atoms with E-state index in [2.05, 4.69) is 16.6 Å². The number of para-hydroxylation sites is 1. The van der Waals surface area contributed by atoms with Crippen LogP contribution in [0.5, 0.6) is 0 Å². The van der Waals surface area contributed by atoms with Crippen LogP contribution >= 0.6 is 0 Å². The molecule has 1 amide bonds. The van der Waals surface area contributed by atoms with Crippen molar-refractivity contribution < 1.29 is 18.4 Å². The molecule has 4 N–H and O–H groups in total. The summed E-state index contributed by atoms with van der Waals surface area (Å²) in [5, 5.41) is 9.92. The van der Waals surface area contributed by atoms with Crippen molar-refractivity contribution in [2.24, 2.45) is 0 Å². The Morgan fingerprint density at radius 3 is 2.59 bits per heavy atom. The summed E-state index contributed by atoms with van der Waals surface area (Å²) in [5.74, 6) is -0.797. The first-order chi connectivity index (χ1) is 13.0. The Labute approximate surface area is 160 Å². The van der Waals surface area contributed by atoms with E-state index in [4.69, 9.17) is 5.21 Å². The summed E-state index contributed by atoms with van der Waals surface area (Å²) in [6.45, 7) is 2.13. The Kier molecular flexibility index (Phi) is 8.27. The van der Waals surface area contributed by atoms with Crippen molar-refractivity contribution in [2.45, 2.75) is 57.9 Å². The predicted octanol–water partition coefficient (Wildman–Crippen LogP) is 2.86. The number of rotatable bonds is 12. The number of aromatic amines is 1. The number of sulfonamides is 1. The number of fused-ring (bicyclic) bond motifs is 1. The number of amides is 1. The number of hydrogen-bond acceptors (Lipinski definition) is 4. The molecule has 0 radical (unpaired) electrons. The molecule has 0 fully saturated rings. The van der Waals surface area contributed by atoms with Gasteiger partial charge in [0.15, 0.2) is 0 Å². The van der Waals surface area contributed by atoms with Crippen molar-refractivity contribution >= 4 is 26.8 Å². The Balaban J connectivity index is 1.98. The highest BCUT2D eigenvalue weighted by atomic mass is 32.2. The zero-order valence-corrected chi connectivity index (χ0v) is 16.5. The summed E-state index contributed by atoms with van der Waals surface area (Å²) in [7, 11) is -3.62. The Morgan fingerprint density at radius 1 is 1.15 bits per heavy atom. The van der Waals surface area contributed by atoms with Crippen molar-refractivity contribution in [1.29, 1.82) is 0 Å². The minimum absolute atomic E-state index is 0.0256. The van der Waals surface area contributed by atoms with E-state index in [1.54, 1.807) is 11.7 Å². The van der Waals surface area contributed by atoms with Crippen molar-refractivity contribution in [2.75, 3.05) is 5.75 Å². The number of aromatic nitrogens is 1. The number of hydroxylamine groups is 1. The molecular weight excluding hydrogens is 366 g/mol. The third-order valence-electron chi connectivity index (χ3n) is 4.61. The first-order valence-corrected chi connectivity index (χ1v) is 11.1. The summed E-state index contributed by atoms with van der Waals surface area (Å²) >= 11 is 0. The van der Waals surface area contributed by atoms with Gasteiger partial charge in [-0.15, -0.1) is 0 Å². The Morgan fingerprint density at radius 2 is 1.85 bits per heavy atom. The molecule has 1 aromatic heterocycles. The lowest BCUT2D eigenvalue weighted by Gasteiger charge is -2.16. The second-order valence-electron chi connectivity index (χ2n) is 6.80. The largest absolute Gasteiger partial charge is 0.361 e. The zero-order chi connectivity index (χ0) is 19.7. The maximum Gasteiger partial charge on any atom is 0.261 e. The third kappa shape index (κ3) is 6.64. The molecule has 0 saturated heterocycles. The highest BCUT2D eigenvalue weighted by Gasteiger charge is 2.25. The molecule has 1 heterocycles. The molecule has 27 heavy (non-hydrogen) atoms. The van der Waals surface area contributed by atoms with E-state index in [-0.39, 0.29) is 12.2 Å². The normalized spacial score (nSPS) is 13.0. The summed E-state index contributed by atoms with van der Waals surface area (Å²) in [6, 6.07) is 6.51. The molecule has 1 atom stereocenters. The molecule has 0 bridgehead atoms. The average molecular weight is 396 g/mol. The number of unbranched alkanes of at least 4 members (excludes halogenated alkanes) is 5. The molecule has 1 aromatic carbocycles. The number of nitrogens with one attached hydrogen (secondary N) is 3. The van der Waals surface area contributed by atoms with Gasteiger partial charge in [0.25, 0.3) is 5.91 Å². The topological polar surface area (TPSA) is 111 Å². The minimum Gasteiger partial charge on any atom is -0.361 e. The van der Waals surface area contributed by atoms with Crippen LogP contribution < -0.4 is 10.2 Å². The van der Waals surface area contributed by atoms with Crippen LogP contribution in [0.3, 0.4) is 0 Å². The fourth-order valence-corrected chi connectivity index (χ4v) is 4.46. The monoisotopic (exact) mass is 395 g/mol. The predicted molar refractivity (Wildman–Crippen MR) is 106 cm³/mol. The number of benzene rings is 1. The Bertz CT molecular complexity index is 832. The maximum atomic E-state index is 12.4. The molecule has 2 aromatic rings. The summed E-state index contributed by atoms with van der Waals surface area (Å²) in [4.78, 5) is 15.1. The molecule has 0 aliphatic carbocycles.